The van der Waals surface area contributed by atoms with Crippen LogP contribution in [0.4, 0.5) is 0 Å². The Hall–Kier alpha value is -1.28. The van der Waals surface area contributed by atoms with E-state index in [1.165, 1.54) is 6.07 Å². The van der Waals surface area contributed by atoms with Gasteiger partial charge in [-0.25, -0.2) is 13.1 Å². The zero-order valence-electron chi connectivity index (χ0n) is 9.87. The fraction of sp³-hybridized carbons (Fsp3) is 0.0833. The molecule has 0 aliphatic rings. The van der Waals surface area contributed by atoms with Crippen LogP contribution in [0, 0.1) is 0 Å². The van der Waals surface area contributed by atoms with Gasteiger partial charge in [-0.05, 0) is 17.7 Å². The average molecular weight is 312 g/mol. The van der Waals surface area contributed by atoms with Crippen LogP contribution in [0.3, 0.4) is 0 Å². The molecule has 1 aromatic carbocycles. The molecule has 0 saturated heterocycles. The zero-order chi connectivity index (χ0) is 13.9. The van der Waals surface area contributed by atoms with Gasteiger partial charge in [-0.15, -0.1) is 11.3 Å². The summed E-state index contributed by atoms with van der Waals surface area (Å²) in [7, 11) is -3.52. The molecule has 0 unspecified atom stereocenters. The smallest absolute Gasteiger partial charge is 0.250 e. The first kappa shape index (κ1) is 14.1. The summed E-state index contributed by atoms with van der Waals surface area (Å²) in [6, 6.07) is 12.4. The van der Waals surface area contributed by atoms with Crippen LogP contribution in [0.5, 0.6) is 0 Å². The zero-order valence-corrected chi connectivity index (χ0v) is 12.3. The number of nitrogens with one attached hydrogen (secondary N) is 1. The van der Waals surface area contributed by atoms with Gasteiger partial charge in [0.2, 0.25) is 10.0 Å². The van der Waals surface area contributed by atoms with Crippen molar-refractivity contribution in [2.24, 2.45) is 5.73 Å². The van der Waals surface area contributed by atoms with Crippen LogP contribution in [0.2, 0.25) is 0 Å². The van der Waals surface area contributed by atoms with E-state index < -0.39 is 10.0 Å². The van der Waals surface area contributed by atoms with E-state index in [1.807, 2.05) is 30.3 Å². The van der Waals surface area contributed by atoms with E-state index in [-0.39, 0.29) is 15.7 Å². The Morgan fingerprint density at radius 2 is 1.89 bits per heavy atom. The number of thiophene rings is 1. The molecule has 0 saturated carbocycles. The number of benzene rings is 1. The highest BCUT2D eigenvalue weighted by atomic mass is 32.2. The molecule has 4 nitrogen and oxygen atoms in total. The largest absolute Gasteiger partial charge is 0.389 e. The normalized spacial score (nSPS) is 11.4. The summed E-state index contributed by atoms with van der Waals surface area (Å²) in [4.78, 5) is 0.796. The summed E-state index contributed by atoms with van der Waals surface area (Å²) in [6.07, 6.45) is 0. The molecule has 0 amide bonds. The lowest BCUT2D eigenvalue weighted by Crippen LogP contribution is -2.22. The molecule has 7 heteroatoms. The van der Waals surface area contributed by atoms with Crippen molar-refractivity contribution in [3.63, 3.8) is 0 Å². The van der Waals surface area contributed by atoms with Crippen LogP contribution in [0.1, 0.15) is 10.4 Å². The van der Waals surface area contributed by atoms with Crippen LogP contribution in [0.25, 0.3) is 0 Å². The van der Waals surface area contributed by atoms with Gasteiger partial charge in [0, 0.05) is 6.54 Å². The average Bonchev–Trinajstić information content (AvgIpc) is 2.88. The second-order valence-electron chi connectivity index (χ2n) is 3.79. The lowest BCUT2D eigenvalue weighted by molar-refractivity contribution is 0.583. The molecule has 19 heavy (non-hydrogen) atoms. The first-order valence-electron chi connectivity index (χ1n) is 5.42. The summed E-state index contributed by atoms with van der Waals surface area (Å²) in [5, 5.41) is 0. The van der Waals surface area contributed by atoms with Crippen molar-refractivity contribution < 1.29 is 8.42 Å². The quantitative estimate of drug-likeness (QED) is 0.827. The van der Waals surface area contributed by atoms with Gasteiger partial charge >= 0.3 is 0 Å². The fourth-order valence-electron chi connectivity index (χ4n) is 1.44. The summed E-state index contributed by atoms with van der Waals surface area (Å²) in [5.74, 6) is 0. The number of thiocarbonyl (C=S) groups is 1. The maximum absolute atomic E-state index is 12.1. The Kier molecular flexibility index (Phi) is 4.31. The molecule has 0 bridgehead atoms. The number of hydrogen-bond acceptors (Lipinski definition) is 4. The standard InChI is InChI=1S/C12H12N2O2S3/c13-12(17)10-6-7-11(18-10)19(15,16)14-8-9-4-2-1-3-5-9/h1-7,14H,8H2,(H2,13,17). The van der Waals surface area contributed by atoms with Crippen LogP contribution in [-0.2, 0) is 16.6 Å². The minimum absolute atomic E-state index is 0.203. The molecular weight excluding hydrogens is 300 g/mol. The minimum Gasteiger partial charge on any atom is -0.389 e. The molecule has 100 valence electrons. The van der Waals surface area contributed by atoms with E-state index >= 15 is 0 Å². The molecule has 0 atom stereocenters. The van der Waals surface area contributed by atoms with Gasteiger partial charge < -0.3 is 5.73 Å². The van der Waals surface area contributed by atoms with E-state index in [1.54, 1.807) is 6.07 Å². The molecule has 2 rings (SSSR count). The SMILES string of the molecule is NC(=S)c1ccc(S(=O)(=O)NCc2ccccc2)s1. The highest BCUT2D eigenvalue weighted by molar-refractivity contribution is 7.91. The lowest BCUT2D eigenvalue weighted by Gasteiger charge is -2.04. The maximum atomic E-state index is 12.1. The third-order valence-corrected chi connectivity index (χ3v) is 5.76. The highest BCUT2D eigenvalue weighted by Gasteiger charge is 2.17. The van der Waals surface area contributed by atoms with Gasteiger partial charge in [-0.1, -0.05) is 42.5 Å². The topological polar surface area (TPSA) is 72.2 Å². The highest BCUT2D eigenvalue weighted by Crippen LogP contribution is 2.21. The van der Waals surface area contributed by atoms with Gasteiger partial charge in [-0.2, -0.15) is 0 Å². The third kappa shape index (κ3) is 3.60. The second kappa shape index (κ2) is 5.79. The Bertz CT molecular complexity index is 678. The summed E-state index contributed by atoms with van der Waals surface area (Å²) < 4.78 is 26.9. The van der Waals surface area contributed by atoms with Gasteiger partial charge in [0.1, 0.15) is 9.20 Å². The van der Waals surface area contributed by atoms with E-state index in [2.05, 4.69) is 4.72 Å². The molecule has 0 fully saturated rings. The van der Waals surface area contributed by atoms with Gasteiger partial charge in [-0.3, -0.25) is 0 Å². The Balaban J connectivity index is 2.12. The van der Waals surface area contributed by atoms with E-state index in [4.69, 9.17) is 18.0 Å². The van der Waals surface area contributed by atoms with Crippen molar-refractivity contribution in [2.75, 3.05) is 0 Å². The molecule has 1 aromatic heterocycles. The summed E-state index contributed by atoms with van der Waals surface area (Å²) >= 11 is 5.88. The van der Waals surface area contributed by atoms with Gasteiger partial charge in [0.15, 0.2) is 0 Å². The van der Waals surface area contributed by atoms with Crippen LogP contribution in [-0.4, -0.2) is 13.4 Å². The van der Waals surface area contributed by atoms with Crippen LogP contribution in [0.15, 0.2) is 46.7 Å². The molecule has 2 aromatic rings. The predicted molar refractivity (Wildman–Crippen MR) is 80.7 cm³/mol. The van der Waals surface area contributed by atoms with Gasteiger partial charge in [0.05, 0.1) is 4.88 Å². The van der Waals surface area contributed by atoms with E-state index in [9.17, 15) is 8.42 Å². The van der Waals surface area contributed by atoms with Crippen molar-refractivity contribution in [1.82, 2.24) is 4.72 Å². The minimum atomic E-state index is -3.52. The molecule has 1 heterocycles. The van der Waals surface area contributed by atoms with Crippen molar-refractivity contribution in [3.05, 3.63) is 52.9 Å². The Morgan fingerprint density at radius 1 is 1.21 bits per heavy atom. The lowest BCUT2D eigenvalue weighted by atomic mass is 10.2. The Labute approximate surface area is 121 Å². The molecule has 0 radical (unpaired) electrons. The summed E-state index contributed by atoms with van der Waals surface area (Å²) in [6.45, 7) is 0.253. The fourth-order valence-corrected chi connectivity index (χ4v) is 3.86. The van der Waals surface area contributed by atoms with Crippen molar-refractivity contribution in [1.29, 1.82) is 0 Å². The number of nitrogens with two attached hydrogens (primary N) is 1. The van der Waals surface area contributed by atoms with Crippen LogP contribution < -0.4 is 10.5 Å². The van der Waals surface area contributed by atoms with Crippen molar-refractivity contribution in [2.45, 2.75) is 10.8 Å². The Morgan fingerprint density at radius 3 is 2.47 bits per heavy atom. The maximum Gasteiger partial charge on any atom is 0.250 e. The predicted octanol–water partition coefficient (Wildman–Crippen LogP) is 1.86. The number of hydrogen-bond donors (Lipinski definition) is 2. The molecule has 0 aliphatic heterocycles. The van der Waals surface area contributed by atoms with Gasteiger partial charge in [0.25, 0.3) is 0 Å². The third-order valence-electron chi connectivity index (χ3n) is 2.40. The van der Waals surface area contributed by atoms with E-state index in [0.717, 1.165) is 16.9 Å². The van der Waals surface area contributed by atoms with E-state index in [0.29, 0.717) is 4.88 Å². The van der Waals surface area contributed by atoms with Crippen molar-refractivity contribution >= 4 is 38.6 Å². The monoisotopic (exact) mass is 312 g/mol. The number of rotatable bonds is 5. The molecule has 3 N–H and O–H groups in total. The molecule has 0 aliphatic carbocycles. The first-order chi connectivity index (χ1) is 8.99. The summed E-state index contributed by atoms with van der Waals surface area (Å²) in [5.41, 5.74) is 6.36. The first-order valence-corrected chi connectivity index (χ1v) is 8.13. The van der Waals surface area contributed by atoms with Crippen molar-refractivity contribution in [3.8, 4) is 0 Å². The number of sulfonamides is 1. The molecule has 0 spiro atoms. The van der Waals surface area contributed by atoms with Crippen LogP contribution >= 0.6 is 23.6 Å². The second-order valence-corrected chi connectivity index (χ2v) is 7.31. The molecular formula is C12H12N2O2S3.